The first-order valence-electron chi connectivity index (χ1n) is 5.29. The monoisotopic (exact) mass is 244 g/mol. The Morgan fingerprint density at radius 1 is 1.50 bits per heavy atom. The van der Waals surface area contributed by atoms with E-state index in [2.05, 4.69) is 20.8 Å². The van der Waals surface area contributed by atoms with E-state index in [1.54, 1.807) is 6.20 Å². The first kappa shape index (κ1) is 13.0. The Morgan fingerprint density at radius 2 is 2.19 bits per heavy atom. The van der Waals surface area contributed by atoms with Gasteiger partial charge in [-0.15, -0.1) is 12.4 Å². The molecule has 3 N–H and O–H groups in total. The highest BCUT2D eigenvalue weighted by molar-refractivity contribution is 5.95. The highest BCUT2D eigenvalue weighted by atomic mass is 35.5. The fourth-order valence-corrected chi connectivity index (χ4v) is 1.81. The molecule has 1 saturated heterocycles. The van der Waals surface area contributed by atoms with Crippen molar-refractivity contribution in [1.82, 2.24) is 20.8 Å². The second-order valence-electron chi connectivity index (χ2n) is 3.91. The molecule has 1 fully saturated rings. The molecule has 0 radical (unpaired) electrons. The zero-order valence-electron chi connectivity index (χ0n) is 9.25. The van der Waals surface area contributed by atoms with Crippen molar-refractivity contribution in [2.75, 3.05) is 13.1 Å². The summed E-state index contributed by atoms with van der Waals surface area (Å²) in [5, 5.41) is 12.9. The number of aromatic nitrogens is 2. The highest BCUT2D eigenvalue weighted by Gasteiger charge is 2.17. The Morgan fingerprint density at radius 3 is 2.75 bits per heavy atom. The number of carbonyl (C=O) groups is 1. The van der Waals surface area contributed by atoms with Crippen LogP contribution < -0.4 is 10.6 Å². The molecule has 6 heteroatoms. The van der Waals surface area contributed by atoms with Crippen LogP contribution in [0, 0.1) is 6.92 Å². The first-order chi connectivity index (χ1) is 7.27. The second-order valence-corrected chi connectivity index (χ2v) is 3.91. The van der Waals surface area contributed by atoms with E-state index in [1.165, 1.54) is 0 Å². The van der Waals surface area contributed by atoms with Gasteiger partial charge in [0.25, 0.3) is 5.91 Å². The van der Waals surface area contributed by atoms with Crippen molar-refractivity contribution in [3.8, 4) is 0 Å². The first-order valence-corrected chi connectivity index (χ1v) is 5.29. The van der Waals surface area contributed by atoms with Gasteiger partial charge in [0.15, 0.2) is 0 Å². The number of aryl methyl sites for hydroxylation is 1. The minimum absolute atomic E-state index is 0. The van der Waals surface area contributed by atoms with E-state index in [1.807, 2.05) is 6.92 Å². The molecule has 1 aromatic rings. The van der Waals surface area contributed by atoms with E-state index in [9.17, 15) is 4.79 Å². The summed E-state index contributed by atoms with van der Waals surface area (Å²) < 4.78 is 0. The van der Waals surface area contributed by atoms with Crippen LogP contribution in [0.25, 0.3) is 0 Å². The summed E-state index contributed by atoms with van der Waals surface area (Å²) in [5.74, 6) is -0.0202. The lowest BCUT2D eigenvalue weighted by Gasteiger charge is -2.23. The molecule has 1 aliphatic heterocycles. The molecule has 0 bridgehead atoms. The molecule has 0 saturated carbocycles. The molecule has 0 unspecified atom stereocenters. The zero-order valence-corrected chi connectivity index (χ0v) is 10.1. The van der Waals surface area contributed by atoms with Gasteiger partial charge < -0.3 is 10.6 Å². The number of amides is 1. The van der Waals surface area contributed by atoms with Crippen LogP contribution in [0.2, 0.25) is 0 Å². The standard InChI is InChI=1S/C10H16N4O.ClH/c1-7-9(6-12-14-7)10(15)13-8-2-4-11-5-3-8;/h6,8,11H,2-5H2,1H3,(H,12,14)(H,13,15);1H. The average molecular weight is 245 g/mol. The molecule has 0 aromatic carbocycles. The van der Waals surface area contributed by atoms with Gasteiger partial charge in [-0.05, 0) is 32.9 Å². The van der Waals surface area contributed by atoms with Gasteiger partial charge >= 0.3 is 0 Å². The van der Waals surface area contributed by atoms with Crippen LogP contribution in [0.3, 0.4) is 0 Å². The minimum atomic E-state index is -0.0202. The lowest BCUT2D eigenvalue weighted by molar-refractivity contribution is 0.0929. The molecule has 90 valence electrons. The van der Waals surface area contributed by atoms with E-state index in [4.69, 9.17) is 0 Å². The predicted molar refractivity (Wildman–Crippen MR) is 63.9 cm³/mol. The molecular weight excluding hydrogens is 228 g/mol. The molecule has 2 heterocycles. The van der Waals surface area contributed by atoms with E-state index in [-0.39, 0.29) is 18.3 Å². The number of halogens is 1. The number of nitrogens with one attached hydrogen (secondary N) is 3. The van der Waals surface area contributed by atoms with Gasteiger partial charge in [-0.1, -0.05) is 0 Å². The van der Waals surface area contributed by atoms with Gasteiger partial charge in [-0.25, -0.2) is 0 Å². The third-order valence-corrected chi connectivity index (χ3v) is 2.75. The summed E-state index contributed by atoms with van der Waals surface area (Å²) in [5.41, 5.74) is 1.47. The number of carbonyl (C=O) groups excluding carboxylic acids is 1. The fraction of sp³-hybridized carbons (Fsp3) is 0.600. The zero-order chi connectivity index (χ0) is 10.7. The van der Waals surface area contributed by atoms with Crippen LogP contribution >= 0.6 is 12.4 Å². The Hall–Kier alpha value is -1.07. The maximum absolute atomic E-state index is 11.8. The van der Waals surface area contributed by atoms with Crippen molar-refractivity contribution >= 4 is 18.3 Å². The number of nitrogens with zero attached hydrogens (tertiary/aromatic N) is 1. The molecule has 1 aromatic heterocycles. The van der Waals surface area contributed by atoms with Crippen molar-refractivity contribution in [3.05, 3.63) is 17.5 Å². The Labute approximate surface area is 101 Å². The number of rotatable bonds is 2. The van der Waals surface area contributed by atoms with Crippen LogP contribution in [0.5, 0.6) is 0 Å². The summed E-state index contributed by atoms with van der Waals surface area (Å²) in [6.07, 6.45) is 3.58. The number of hydrogen-bond acceptors (Lipinski definition) is 3. The fourth-order valence-electron chi connectivity index (χ4n) is 1.81. The lowest BCUT2D eigenvalue weighted by atomic mass is 10.1. The summed E-state index contributed by atoms with van der Waals surface area (Å²) in [6, 6.07) is 0.299. The van der Waals surface area contributed by atoms with Gasteiger partial charge in [0.05, 0.1) is 11.8 Å². The molecule has 1 aliphatic rings. The van der Waals surface area contributed by atoms with Crippen molar-refractivity contribution < 1.29 is 4.79 Å². The van der Waals surface area contributed by atoms with E-state index in [0.29, 0.717) is 11.6 Å². The molecule has 16 heavy (non-hydrogen) atoms. The number of aromatic amines is 1. The van der Waals surface area contributed by atoms with Gasteiger partial charge in [-0.2, -0.15) is 5.10 Å². The SMILES string of the molecule is Cc1[nH]ncc1C(=O)NC1CCNCC1.Cl. The van der Waals surface area contributed by atoms with Gasteiger partial charge in [0, 0.05) is 11.7 Å². The second kappa shape index (κ2) is 5.86. The van der Waals surface area contributed by atoms with Crippen LogP contribution in [0.15, 0.2) is 6.20 Å². The number of hydrogen-bond donors (Lipinski definition) is 3. The molecule has 0 atom stereocenters. The van der Waals surface area contributed by atoms with Crippen molar-refractivity contribution in [2.24, 2.45) is 0 Å². The maximum Gasteiger partial charge on any atom is 0.254 e. The van der Waals surface area contributed by atoms with E-state index >= 15 is 0 Å². The molecule has 0 aliphatic carbocycles. The Bertz CT molecular complexity index is 346. The van der Waals surface area contributed by atoms with Crippen LogP contribution in [-0.4, -0.2) is 35.2 Å². The number of piperidine rings is 1. The molecule has 2 rings (SSSR count). The van der Waals surface area contributed by atoms with Crippen LogP contribution in [0.1, 0.15) is 28.9 Å². The predicted octanol–water partition coefficient (Wildman–Crippen LogP) is 0.622. The lowest BCUT2D eigenvalue weighted by Crippen LogP contribution is -2.42. The largest absolute Gasteiger partial charge is 0.349 e. The van der Waals surface area contributed by atoms with Crippen LogP contribution in [0.4, 0.5) is 0 Å². The van der Waals surface area contributed by atoms with Crippen LogP contribution in [-0.2, 0) is 0 Å². The quantitative estimate of drug-likeness (QED) is 0.715. The van der Waals surface area contributed by atoms with Gasteiger partial charge in [-0.3, -0.25) is 9.89 Å². The summed E-state index contributed by atoms with van der Waals surface area (Å²) in [7, 11) is 0. The Balaban J connectivity index is 0.00000128. The molecule has 0 spiro atoms. The van der Waals surface area contributed by atoms with Gasteiger partial charge in [0.2, 0.25) is 0 Å². The number of H-pyrrole nitrogens is 1. The average Bonchev–Trinajstić information content (AvgIpc) is 2.66. The van der Waals surface area contributed by atoms with Gasteiger partial charge in [0.1, 0.15) is 0 Å². The van der Waals surface area contributed by atoms with E-state index < -0.39 is 0 Å². The minimum Gasteiger partial charge on any atom is -0.349 e. The van der Waals surface area contributed by atoms with Crippen molar-refractivity contribution in [3.63, 3.8) is 0 Å². The topological polar surface area (TPSA) is 69.8 Å². The third-order valence-electron chi connectivity index (χ3n) is 2.75. The van der Waals surface area contributed by atoms with Crippen molar-refractivity contribution in [1.29, 1.82) is 0 Å². The third kappa shape index (κ3) is 2.96. The summed E-state index contributed by atoms with van der Waals surface area (Å²) in [6.45, 7) is 3.81. The molecule has 1 amide bonds. The molecular formula is C10H17ClN4O. The Kier molecular flexibility index (Phi) is 4.76. The summed E-state index contributed by atoms with van der Waals surface area (Å²) in [4.78, 5) is 11.8. The van der Waals surface area contributed by atoms with E-state index in [0.717, 1.165) is 31.6 Å². The van der Waals surface area contributed by atoms with Crippen molar-refractivity contribution in [2.45, 2.75) is 25.8 Å². The molecule has 5 nitrogen and oxygen atoms in total. The summed E-state index contributed by atoms with van der Waals surface area (Å²) >= 11 is 0. The normalized spacial score (nSPS) is 16.6. The highest BCUT2D eigenvalue weighted by Crippen LogP contribution is 2.06. The smallest absolute Gasteiger partial charge is 0.254 e. The maximum atomic E-state index is 11.8.